The largest absolute Gasteiger partial charge is 0.0836 e. The van der Waals surface area contributed by atoms with Crippen LogP contribution in [0.5, 0.6) is 0 Å². The van der Waals surface area contributed by atoms with E-state index in [1.807, 2.05) is 0 Å². The molecule has 0 amide bonds. The average molecular weight is 244 g/mol. The minimum Gasteiger partial charge on any atom is -0.0836 e. The lowest BCUT2D eigenvalue weighted by Gasteiger charge is -2.18. The molecule has 0 fully saturated rings. The molecule has 0 radical (unpaired) electrons. The van der Waals surface area contributed by atoms with E-state index in [0.29, 0.717) is 0 Å². The molecule has 0 atom stereocenters. The molecule has 4 rings (SSSR count). The van der Waals surface area contributed by atoms with Crippen LogP contribution in [0.1, 0.15) is 23.1 Å². The number of benzene rings is 3. The number of hydrogen-bond acceptors (Lipinski definition) is 0. The summed E-state index contributed by atoms with van der Waals surface area (Å²) < 4.78 is 0. The Labute approximate surface area is 113 Å². The smallest absolute Gasteiger partial charge is 0.00991 e. The van der Waals surface area contributed by atoms with Gasteiger partial charge in [0.2, 0.25) is 0 Å². The zero-order valence-corrected chi connectivity index (χ0v) is 11.1. The summed E-state index contributed by atoms with van der Waals surface area (Å²) in [6.45, 7) is 2.17. The van der Waals surface area contributed by atoms with Gasteiger partial charge in [0.15, 0.2) is 0 Å². The molecule has 0 unspecified atom stereocenters. The molecule has 0 heterocycles. The van der Waals surface area contributed by atoms with Gasteiger partial charge in [-0.05, 0) is 52.4 Å². The van der Waals surface area contributed by atoms with Crippen LogP contribution in [0.2, 0.25) is 0 Å². The van der Waals surface area contributed by atoms with Gasteiger partial charge in [0.25, 0.3) is 0 Å². The van der Waals surface area contributed by atoms with Crippen LogP contribution in [0.4, 0.5) is 0 Å². The van der Waals surface area contributed by atoms with Crippen LogP contribution in [-0.4, -0.2) is 0 Å². The van der Waals surface area contributed by atoms with Gasteiger partial charge in [0.1, 0.15) is 0 Å². The van der Waals surface area contributed by atoms with E-state index in [4.69, 9.17) is 0 Å². The van der Waals surface area contributed by atoms with Crippen molar-refractivity contribution in [2.45, 2.75) is 19.8 Å². The highest BCUT2D eigenvalue weighted by molar-refractivity contribution is 6.13. The predicted octanol–water partition coefficient (Wildman–Crippen LogP) is 5.26. The van der Waals surface area contributed by atoms with E-state index >= 15 is 0 Å². The standard InChI is InChI=1S/C19H16/c1-13-10-11-18-16-8-3-2-6-14(16)15-7-4-5-9-17(15)19(18)12-13/h2,4-7,9-12H,3,8H2,1H3. The highest BCUT2D eigenvalue weighted by Gasteiger charge is 2.14. The minimum atomic E-state index is 1.16. The van der Waals surface area contributed by atoms with Crippen LogP contribution in [0, 0.1) is 6.92 Å². The highest BCUT2D eigenvalue weighted by atomic mass is 14.2. The third kappa shape index (κ3) is 1.53. The van der Waals surface area contributed by atoms with E-state index in [1.165, 1.54) is 38.2 Å². The van der Waals surface area contributed by atoms with Crippen LogP contribution < -0.4 is 0 Å². The van der Waals surface area contributed by atoms with E-state index in [9.17, 15) is 0 Å². The average Bonchev–Trinajstić information content (AvgIpc) is 2.47. The Morgan fingerprint density at radius 2 is 1.68 bits per heavy atom. The molecule has 0 aliphatic heterocycles. The van der Waals surface area contributed by atoms with Crippen LogP contribution in [0.15, 0.2) is 48.5 Å². The van der Waals surface area contributed by atoms with Gasteiger partial charge in [-0.3, -0.25) is 0 Å². The summed E-state index contributed by atoms with van der Waals surface area (Å²) in [5, 5.41) is 5.62. The first-order chi connectivity index (χ1) is 9.34. The Morgan fingerprint density at radius 3 is 2.58 bits per heavy atom. The maximum Gasteiger partial charge on any atom is -0.00991 e. The normalized spacial score (nSPS) is 13.9. The molecule has 0 heteroatoms. The molecule has 0 saturated heterocycles. The maximum absolute atomic E-state index is 2.33. The van der Waals surface area contributed by atoms with Crippen molar-refractivity contribution in [2.75, 3.05) is 0 Å². The number of allylic oxidation sites excluding steroid dienone is 1. The van der Waals surface area contributed by atoms with Crippen molar-refractivity contribution in [1.82, 2.24) is 0 Å². The van der Waals surface area contributed by atoms with Crippen molar-refractivity contribution in [2.24, 2.45) is 0 Å². The zero-order chi connectivity index (χ0) is 12.8. The van der Waals surface area contributed by atoms with Gasteiger partial charge in [-0.25, -0.2) is 0 Å². The monoisotopic (exact) mass is 244 g/mol. The first-order valence-electron chi connectivity index (χ1n) is 6.95. The van der Waals surface area contributed by atoms with Gasteiger partial charge >= 0.3 is 0 Å². The predicted molar refractivity (Wildman–Crippen MR) is 83.5 cm³/mol. The quantitative estimate of drug-likeness (QED) is 0.473. The molecule has 0 saturated carbocycles. The Hall–Kier alpha value is -2.08. The van der Waals surface area contributed by atoms with Gasteiger partial charge in [-0.1, -0.05) is 60.2 Å². The van der Waals surface area contributed by atoms with Crippen molar-refractivity contribution in [3.63, 3.8) is 0 Å². The Bertz CT molecular complexity index is 822. The topological polar surface area (TPSA) is 0 Å². The molecule has 1 aliphatic rings. The fourth-order valence-corrected chi connectivity index (χ4v) is 3.29. The van der Waals surface area contributed by atoms with Crippen LogP contribution in [0.3, 0.4) is 0 Å². The summed E-state index contributed by atoms with van der Waals surface area (Å²) in [5.41, 5.74) is 4.29. The molecular weight excluding hydrogens is 228 g/mol. The maximum atomic E-state index is 2.33. The van der Waals surface area contributed by atoms with E-state index in [1.54, 1.807) is 0 Å². The van der Waals surface area contributed by atoms with Gasteiger partial charge in [-0.2, -0.15) is 0 Å². The lowest BCUT2D eigenvalue weighted by Crippen LogP contribution is -1.97. The molecule has 0 bridgehead atoms. The second-order valence-corrected chi connectivity index (χ2v) is 5.43. The van der Waals surface area contributed by atoms with Crippen molar-refractivity contribution < 1.29 is 0 Å². The second-order valence-electron chi connectivity index (χ2n) is 5.43. The van der Waals surface area contributed by atoms with Crippen molar-refractivity contribution in [3.8, 4) is 0 Å². The fourth-order valence-electron chi connectivity index (χ4n) is 3.29. The Balaban J connectivity index is 2.31. The summed E-state index contributed by atoms with van der Waals surface area (Å²) in [6, 6.07) is 15.7. The van der Waals surface area contributed by atoms with Gasteiger partial charge in [0.05, 0.1) is 0 Å². The van der Waals surface area contributed by atoms with Crippen molar-refractivity contribution in [3.05, 3.63) is 65.2 Å². The zero-order valence-electron chi connectivity index (χ0n) is 11.1. The van der Waals surface area contributed by atoms with Crippen LogP contribution in [0.25, 0.3) is 27.6 Å². The van der Waals surface area contributed by atoms with Gasteiger partial charge in [0, 0.05) is 0 Å². The summed E-state index contributed by atoms with van der Waals surface area (Å²) in [7, 11) is 0. The summed E-state index contributed by atoms with van der Waals surface area (Å²) in [6.07, 6.45) is 6.93. The molecule has 1 aliphatic carbocycles. The number of rotatable bonds is 0. The molecule has 3 aromatic carbocycles. The highest BCUT2D eigenvalue weighted by Crippen LogP contribution is 2.36. The number of hydrogen-bond donors (Lipinski definition) is 0. The minimum absolute atomic E-state index is 1.16. The third-order valence-corrected chi connectivity index (χ3v) is 4.18. The summed E-state index contributed by atoms with van der Waals surface area (Å²) >= 11 is 0. The lowest BCUT2D eigenvalue weighted by atomic mass is 9.86. The van der Waals surface area contributed by atoms with Crippen molar-refractivity contribution >= 4 is 27.6 Å². The molecule has 19 heavy (non-hydrogen) atoms. The Morgan fingerprint density at radius 1 is 0.842 bits per heavy atom. The van der Waals surface area contributed by atoms with E-state index < -0.39 is 0 Å². The molecule has 0 N–H and O–H groups in total. The molecule has 0 spiro atoms. The molecule has 0 nitrogen and oxygen atoms in total. The molecule has 92 valence electrons. The number of fused-ring (bicyclic) bond motifs is 6. The first-order valence-corrected chi connectivity index (χ1v) is 6.95. The third-order valence-electron chi connectivity index (χ3n) is 4.18. The summed E-state index contributed by atoms with van der Waals surface area (Å²) in [5.74, 6) is 0. The van der Waals surface area contributed by atoms with Crippen LogP contribution >= 0.6 is 0 Å². The molecule has 3 aromatic rings. The van der Waals surface area contributed by atoms with Gasteiger partial charge in [-0.15, -0.1) is 0 Å². The van der Waals surface area contributed by atoms with E-state index in [0.717, 1.165) is 12.8 Å². The summed E-state index contributed by atoms with van der Waals surface area (Å²) in [4.78, 5) is 0. The molecular formula is C19H16. The lowest BCUT2D eigenvalue weighted by molar-refractivity contribution is 1.00. The molecule has 0 aromatic heterocycles. The SMILES string of the molecule is Cc1ccc2c3c(c4ccccc4c2c1)C=CCC3. The number of aryl methyl sites for hydroxylation is 2. The first kappa shape index (κ1) is 10.8. The van der Waals surface area contributed by atoms with Gasteiger partial charge < -0.3 is 0 Å². The van der Waals surface area contributed by atoms with Crippen molar-refractivity contribution in [1.29, 1.82) is 0 Å². The second kappa shape index (κ2) is 3.96. The van der Waals surface area contributed by atoms with Crippen LogP contribution in [-0.2, 0) is 6.42 Å². The fraction of sp³-hybridized carbons (Fsp3) is 0.158. The van der Waals surface area contributed by atoms with E-state index in [-0.39, 0.29) is 0 Å². The Kier molecular flexibility index (Phi) is 2.25. The van der Waals surface area contributed by atoms with E-state index in [2.05, 4.69) is 61.5 Å².